The van der Waals surface area contributed by atoms with Crippen LogP contribution in [0.1, 0.15) is 17.3 Å². The van der Waals surface area contributed by atoms with E-state index >= 15 is 0 Å². The second kappa shape index (κ2) is 8.35. The van der Waals surface area contributed by atoms with Gasteiger partial charge in [-0.1, -0.05) is 12.1 Å². The minimum Gasteiger partial charge on any atom is -0.496 e. The summed E-state index contributed by atoms with van der Waals surface area (Å²) in [6.07, 6.45) is 0. The molecule has 0 saturated carbocycles. The second-order valence-corrected chi connectivity index (χ2v) is 7.86. The molecule has 1 aromatic heterocycles. The van der Waals surface area contributed by atoms with E-state index in [4.69, 9.17) is 19.4 Å². The van der Waals surface area contributed by atoms with Crippen molar-refractivity contribution in [1.29, 1.82) is 0 Å². The predicted octanol–water partition coefficient (Wildman–Crippen LogP) is 3.63. The Bertz CT molecular complexity index is 1290. The number of ether oxygens (including phenoxy) is 2. The zero-order valence-corrected chi connectivity index (χ0v) is 18.4. The van der Waals surface area contributed by atoms with E-state index in [2.05, 4.69) is 5.32 Å². The van der Waals surface area contributed by atoms with Crippen LogP contribution >= 0.6 is 0 Å². The quantitative estimate of drug-likeness (QED) is 0.381. The van der Waals surface area contributed by atoms with Crippen molar-refractivity contribution in [3.63, 3.8) is 0 Å². The lowest BCUT2D eigenvalue weighted by atomic mass is 10.1. The Labute approximate surface area is 181 Å². The number of nitrogens with zero attached hydrogens (tertiary/aromatic N) is 3. The van der Waals surface area contributed by atoms with Crippen molar-refractivity contribution in [1.82, 2.24) is 20.2 Å². The molecule has 1 heterocycles. The number of carbonyl (C=O) groups excluding carboxylic acids is 1. The SMILES string of the molecule is COc1ccc2nc3ccc4c(OC)cccc4c3nc2c1C(=O)NC(C)CN(C)C. The molecule has 0 saturated heterocycles. The van der Waals surface area contributed by atoms with Crippen LogP contribution in [0.4, 0.5) is 0 Å². The average molecular weight is 418 g/mol. The van der Waals surface area contributed by atoms with Gasteiger partial charge in [-0.05, 0) is 51.4 Å². The van der Waals surface area contributed by atoms with Gasteiger partial charge in [-0.2, -0.15) is 0 Å². The van der Waals surface area contributed by atoms with Gasteiger partial charge in [0.1, 0.15) is 22.6 Å². The summed E-state index contributed by atoms with van der Waals surface area (Å²) in [7, 11) is 7.14. The molecule has 0 fully saturated rings. The van der Waals surface area contributed by atoms with Gasteiger partial charge >= 0.3 is 0 Å². The lowest BCUT2D eigenvalue weighted by molar-refractivity contribution is 0.0933. The monoisotopic (exact) mass is 418 g/mol. The van der Waals surface area contributed by atoms with Gasteiger partial charge in [-0.25, -0.2) is 9.97 Å². The van der Waals surface area contributed by atoms with E-state index < -0.39 is 0 Å². The molecule has 0 aliphatic rings. The van der Waals surface area contributed by atoms with Crippen LogP contribution in [0.2, 0.25) is 0 Å². The predicted molar refractivity (Wildman–Crippen MR) is 123 cm³/mol. The Morgan fingerprint density at radius 1 is 0.935 bits per heavy atom. The zero-order chi connectivity index (χ0) is 22.1. The number of aromatic nitrogens is 2. The normalized spacial score (nSPS) is 12.5. The molecule has 0 aliphatic carbocycles. The number of hydrogen-bond acceptors (Lipinski definition) is 6. The van der Waals surface area contributed by atoms with Gasteiger partial charge in [0.25, 0.3) is 5.91 Å². The lowest BCUT2D eigenvalue weighted by Crippen LogP contribution is -2.39. The molecule has 4 rings (SSSR count). The maximum absolute atomic E-state index is 13.2. The maximum atomic E-state index is 13.2. The topological polar surface area (TPSA) is 76.6 Å². The lowest BCUT2D eigenvalue weighted by Gasteiger charge is -2.19. The Balaban J connectivity index is 1.94. The smallest absolute Gasteiger partial charge is 0.257 e. The highest BCUT2D eigenvalue weighted by molar-refractivity contribution is 6.12. The Morgan fingerprint density at radius 2 is 1.65 bits per heavy atom. The van der Waals surface area contributed by atoms with Crippen LogP contribution in [0.3, 0.4) is 0 Å². The Morgan fingerprint density at radius 3 is 2.35 bits per heavy atom. The highest BCUT2D eigenvalue weighted by atomic mass is 16.5. The van der Waals surface area contributed by atoms with Gasteiger partial charge in [0.2, 0.25) is 0 Å². The van der Waals surface area contributed by atoms with Crippen molar-refractivity contribution in [3.8, 4) is 11.5 Å². The van der Waals surface area contributed by atoms with E-state index in [0.29, 0.717) is 27.9 Å². The van der Waals surface area contributed by atoms with Crippen molar-refractivity contribution in [2.24, 2.45) is 0 Å². The molecular weight excluding hydrogens is 392 g/mol. The van der Waals surface area contributed by atoms with Crippen molar-refractivity contribution in [3.05, 3.63) is 48.0 Å². The van der Waals surface area contributed by atoms with Crippen LogP contribution in [0.15, 0.2) is 42.5 Å². The summed E-state index contributed by atoms with van der Waals surface area (Å²) < 4.78 is 11.0. The maximum Gasteiger partial charge on any atom is 0.257 e. The minimum atomic E-state index is -0.233. The van der Waals surface area contributed by atoms with Crippen LogP contribution in [0, 0.1) is 0 Å². The van der Waals surface area contributed by atoms with Crippen LogP contribution < -0.4 is 14.8 Å². The van der Waals surface area contributed by atoms with E-state index in [-0.39, 0.29) is 11.9 Å². The molecule has 1 amide bonds. The minimum absolute atomic E-state index is 0.0408. The summed E-state index contributed by atoms with van der Waals surface area (Å²) in [5.74, 6) is 0.999. The number of benzene rings is 3. The molecule has 31 heavy (non-hydrogen) atoms. The molecule has 1 unspecified atom stereocenters. The highest BCUT2D eigenvalue weighted by Crippen LogP contribution is 2.33. The molecule has 0 bridgehead atoms. The largest absolute Gasteiger partial charge is 0.496 e. The molecule has 3 aromatic carbocycles. The van der Waals surface area contributed by atoms with Crippen molar-refractivity contribution >= 4 is 38.7 Å². The van der Waals surface area contributed by atoms with Crippen LogP contribution in [0.5, 0.6) is 11.5 Å². The number of methoxy groups -OCH3 is 2. The van der Waals surface area contributed by atoms with Crippen LogP contribution in [-0.2, 0) is 0 Å². The number of nitrogens with one attached hydrogen (secondary N) is 1. The molecule has 160 valence electrons. The summed E-state index contributed by atoms with van der Waals surface area (Å²) in [5.41, 5.74) is 3.01. The van der Waals surface area contributed by atoms with Gasteiger partial charge in [0.05, 0.1) is 30.8 Å². The summed E-state index contributed by atoms with van der Waals surface area (Å²) in [4.78, 5) is 25.0. The third kappa shape index (κ3) is 3.84. The Hall–Kier alpha value is -3.45. The third-order valence-electron chi connectivity index (χ3n) is 5.24. The molecule has 7 heteroatoms. The molecule has 4 aromatic rings. The zero-order valence-electron chi connectivity index (χ0n) is 18.4. The number of rotatable bonds is 6. The van der Waals surface area contributed by atoms with Gasteiger partial charge in [-0.3, -0.25) is 4.79 Å². The first-order valence-corrected chi connectivity index (χ1v) is 10.1. The second-order valence-electron chi connectivity index (χ2n) is 7.86. The number of fused-ring (bicyclic) bond motifs is 4. The number of hydrogen-bond donors (Lipinski definition) is 1. The molecular formula is C24H26N4O3. The average Bonchev–Trinajstić information content (AvgIpc) is 2.75. The Kier molecular flexibility index (Phi) is 5.61. The fourth-order valence-electron chi connectivity index (χ4n) is 3.97. The summed E-state index contributed by atoms with van der Waals surface area (Å²) >= 11 is 0. The number of carbonyl (C=O) groups is 1. The van der Waals surface area contributed by atoms with Crippen molar-refractivity contribution < 1.29 is 14.3 Å². The molecule has 7 nitrogen and oxygen atoms in total. The highest BCUT2D eigenvalue weighted by Gasteiger charge is 2.21. The van der Waals surface area contributed by atoms with Crippen molar-refractivity contribution in [2.45, 2.75) is 13.0 Å². The summed E-state index contributed by atoms with van der Waals surface area (Å²) in [5, 5.41) is 4.91. The van der Waals surface area contributed by atoms with Crippen LogP contribution in [0.25, 0.3) is 32.8 Å². The van der Waals surface area contributed by atoms with Gasteiger partial charge < -0.3 is 19.7 Å². The van der Waals surface area contributed by atoms with E-state index in [1.807, 2.05) is 62.3 Å². The first-order chi connectivity index (χ1) is 14.9. The summed E-state index contributed by atoms with van der Waals surface area (Å²) in [6.45, 7) is 2.69. The third-order valence-corrected chi connectivity index (χ3v) is 5.24. The fraction of sp³-hybridized carbons (Fsp3) is 0.292. The van der Waals surface area contributed by atoms with Gasteiger partial charge in [0, 0.05) is 23.4 Å². The standard InChI is InChI=1S/C24H26N4O3/c1-14(13-28(2)3)25-24(29)21-20(31-5)12-11-18-23(21)27-22-16-7-6-8-19(30-4)15(16)9-10-17(22)26-18/h6-12,14H,13H2,1-5H3,(H,25,29). The van der Waals surface area contributed by atoms with E-state index in [0.717, 1.165) is 28.6 Å². The molecule has 0 radical (unpaired) electrons. The summed E-state index contributed by atoms with van der Waals surface area (Å²) in [6, 6.07) is 13.3. The number of amides is 1. The molecule has 1 N–H and O–H groups in total. The van der Waals surface area contributed by atoms with Gasteiger partial charge in [0.15, 0.2) is 0 Å². The molecule has 0 aliphatic heterocycles. The van der Waals surface area contributed by atoms with E-state index in [1.54, 1.807) is 20.3 Å². The fourth-order valence-corrected chi connectivity index (χ4v) is 3.97. The van der Waals surface area contributed by atoms with Crippen LogP contribution in [-0.4, -0.2) is 61.7 Å². The van der Waals surface area contributed by atoms with Crippen molar-refractivity contribution in [2.75, 3.05) is 34.9 Å². The first-order valence-electron chi connectivity index (χ1n) is 10.1. The van der Waals surface area contributed by atoms with E-state index in [1.165, 1.54) is 0 Å². The first kappa shape index (κ1) is 20.8. The van der Waals surface area contributed by atoms with E-state index in [9.17, 15) is 4.79 Å². The number of likely N-dealkylation sites (N-methyl/N-ethyl adjacent to an activating group) is 1. The molecule has 0 spiro atoms. The molecule has 1 atom stereocenters. The van der Waals surface area contributed by atoms with Gasteiger partial charge in [-0.15, -0.1) is 0 Å².